The van der Waals surface area contributed by atoms with Crippen molar-refractivity contribution in [3.05, 3.63) is 78.2 Å². The Hall–Kier alpha value is -3.70. The van der Waals surface area contributed by atoms with Crippen LogP contribution >= 0.6 is 0 Å². The molecule has 5 rings (SSSR count). The van der Waals surface area contributed by atoms with Crippen LogP contribution in [0.4, 0.5) is 20.4 Å². The molecule has 0 unspecified atom stereocenters. The van der Waals surface area contributed by atoms with Gasteiger partial charge in [-0.1, -0.05) is 36.4 Å². The molecule has 2 atom stereocenters. The first-order valence-corrected chi connectivity index (χ1v) is 13.1. The largest absolute Gasteiger partial charge is 0.350 e. The van der Waals surface area contributed by atoms with Crippen LogP contribution in [0.15, 0.2) is 66.9 Å². The summed E-state index contributed by atoms with van der Waals surface area (Å²) >= 11 is 0. The molecule has 36 heavy (non-hydrogen) atoms. The number of sulfonamides is 1. The molecule has 2 aromatic heterocycles. The van der Waals surface area contributed by atoms with Crippen LogP contribution in [0.2, 0.25) is 0 Å². The maximum absolute atomic E-state index is 14.8. The average Bonchev–Trinajstić information content (AvgIpc) is 2.85. The van der Waals surface area contributed by atoms with Crippen LogP contribution in [0.25, 0.3) is 22.3 Å². The van der Waals surface area contributed by atoms with Crippen LogP contribution in [0.3, 0.4) is 0 Å². The van der Waals surface area contributed by atoms with Crippen LogP contribution in [0.5, 0.6) is 0 Å². The van der Waals surface area contributed by atoms with Crippen LogP contribution < -0.4 is 15.4 Å². The molecule has 3 N–H and O–H groups in total. The SMILES string of the molecule is O=S(=O)(Cc1ccccc1)Nc1ccc(-c2ccc3nc(N[C@@H]4CNC[C@@H](F)C4)ncc3n2)cc1F. The highest BCUT2D eigenvalue weighted by atomic mass is 32.2. The third-order valence-corrected chi connectivity index (χ3v) is 7.04. The van der Waals surface area contributed by atoms with Gasteiger partial charge in [0.2, 0.25) is 16.0 Å². The van der Waals surface area contributed by atoms with Gasteiger partial charge in [0.25, 0.3) is 0 Å². The molecule has 11 heteroatoms. The molecule has 1 saturated heterocycles. The normalized spacial score (nSPS) is 18.2. The van der Waals surface area contributed by atoms with E-state index in [-0.39, 0.29) is 17.5 Å². The van der Waals surface area contributed by atoms with E-state index in [2.05, 4.69) is 30.3 Å². The zero-order valence-corrected chi connectivity index (χ0v) is 20.0. The molecule has 4 aromatic rings. The Morgan fingerprint density at radius 3 is 2.61 bits per heavy atom. The minimum atomic E-state index is -3.79. The number of nitrogens with one attached hydrogen (secondary N) is 3. The first kappa shape index (κ1) is 24.0. The van der Waals surface area contributed by atoms with Crippen molar-refractivity contribution in [1.29, 1.82) is 0 Å². The molecular formula is C25H24F2N6O2S. The lowest BCUT2D eigenvalue weighted by atomic mass is 10.1. The van der Waals surface area contributed by atoms with Gasteiger partial charge in [0.15, 0.2) is 0 Å². The Labute approximate surface area is 207 Å². The average molecular weight is 511 g/mol. The highest BCUT2D eigenvalue weighted by molar-refractivity contribution is 7.91. The van der Waals surface area contributed by atoms with Crippen LogP contribution in [0.1, 0.15) is 12.0 Å². The first-order valence-electron chi connectivity index (χ1n) is 11.4. The molecule has 1 aliphatic heterocycles. The Morgan fingerprint density at radius 2 is 1.83 bits per heavy atom. The molecule has 0 aliphatic carbocycles. The van der Waals surface area contributed by atoms with E-state index in [1.807, 2.05) is 0 Å². The van der Waals surface area contributed by atoms with Crippen LogP contribution in [-0.4, -0.2) is 48.7 Å². The number of alkyl halides is 1. The van der Waals surface area contributed by atoms with E-state index in [0.717, 1.165) is 0 Å². The second-order valence-electron chi connectivity index (χ2n) is 8.67. The van der Waals surface area contributed by atoms with Crippen molar-refractivity contribution in [2.45, 2.75) is 24.4 Å². The summed E-state index contributed by atoms with van der Waals surface area (Å²) in [4.78, 5) is 13.2. The second kappa shape index (κ2) is 10.1. The van der Waals surface area contributed by atoms with Gasteiger partial charge in [-0.3, -0.25) is 4.72 Å². The van der Waals surface area contributed by atoms with Crippen molar-refractivity contribution in [2.75, 3.05) is 23.1 Å². The summed E-state index contributed by atoms with van der Waals surface area (Å²) < 4.78 is 55.6. The van der Waals surface area contributed by atoms with E-state index in [9.17, 15) is 17.2 Å². The van der Waals surface area contributed by atoms with Crippen LogP contribution in [0, 0.1) is 5.82 Å². The Morgan fingerprint density at radius 1 is 1.00 bits per heavy atom. The molecule has 0 spiro atoms. The number of nitrogens with zero attached hydrogens (tertiary/aromatic N) is 3. The van der Waals surface area contributed by atoms with Crippen molar-refractivity contribution in [3.8, 4) is 11.3 Å². The van der Waals surface area contributed by atoms with Gasteiger partial charge in [-0.05, 0) is 29.8 Å². The summed E-state index contributed by atoms with van der Waals surface area (Å²) in [6.45, 7) is 0.980. The number of hydrogen-bond acceptors (Lipinski definition) is 7. The van der Waals surface area contributed by atoms with Crippen molar-refractivity contribution < 1.29 is 17.2 Å². The van der Waals surface area contributed by atoms with E-state index in [1.54, 1.807) is 54.7 Å². The first-order chi connectivity index (χ1) is 17.3. The number of halogens is 2. The molecule has 186 valence electrons. The number of aromatic nitrogens is 3. The second-order valence-corrected chi connectivity index (χ2v) is 10.4. The molecule has 8 nitrogen and oxygen atoms in total. The summed E-state index contributed by atoms with van der Waals surface area (Å²) in [7, 11) is -3.79. The summed E-state index contributed by atoms with van der Waals surface area (Å²) in [5.74, 6) is -0.589. The smallest absolute Gasteiger partial charge is 0.237 e. The standard InChI is InChI=1S/C25H24F2N6O2S/c26-18-11-19(13-28-12-18)30-25-29-14-24-23(32-25)9-8-21(31-24)17-6-7-22(20(27)10-17)33-36(34,35)15-16-4-2-1-3-5-16/h1-10,14,18-19,28,33H,11-13,15H2,(H,29,30,32)/t18-,19-/m0/s1. The number of rotatable bonds is 7. The van der Waals surface area contributed by atoms with E-state index >= 15 is 0 Å². The minimum absolute atomic E-state index is 0.106. The van der Waals surface area contributed by atoms with Crippen molar-refractivity contribution in [1.82, 2.24) is 20.3 Å². The number of hydrogen-bond donors (Lipinski definition) is 3. The number of anilines is 2. The van der Waals surface area contributed by atoms with Crippen molar-refractivity contribution in [2.24, 2.45) is 0 Å². The van der Waals surface area contributed by atoms with Gasteiger partial charge in [0, 0.05) is 31.1 Å². The third kappa shape index (κ3) is 5.74. The highest BCUT2D eigenvalue weighted by Crippen LogP contribution is 2.26. The molecule has 0 saturated carbocycles. The molecule has 0 bridgehead atoms. The van der Waals surface area contributed by atoms with Gasteiger partial charge in [-0.25, -0.2) is 32.2 Å². The number of fused-ring (bicyclic) bond motifs is 1. The quantitative estimate of drug-likeness (QED) is 0.346. The van der Waals surface area contributed by atoms with Crippen molar-refractivity contribution >= 4 is 32.7 Å². The van der Waals surface area contributed by atoms with E-state index in [4.69, 9.17) is 0 Å². The zero-order chi connectivity index (χ0) is 25.1. The fraction of sp³-hybridized carbons (Fsp3) is 0.240. The molecule has 3 heterocycles. The highest BCUT2D eigenvalue weighted by Gasteiger charge is 2.21. The molecule has 2 aromatic carbocycles. The van der Waals surface area contributed by atoms with Gasteiger partial charge in [0.05, 0.1) is 28.8 Å². The fourth-order valence-corrected chi connectivity index (χ4v) is 5.29. The number of pyridine rings is 1. The Bertz CT molecular complexity index is 1490. The third-order valence-electron chi connectivity index (χ3n) is 5.80. The lowest BCUT2D eigenvalue weighted by Crippen LogP contribution is -2.44. The predicted molar refractivity (Wildman–Crippen MR) is 135 cm³/mol. The van der Waals surface area contributed by atoms with Gasteiger partial charge < -0.3 is 10.6 Å². The maximum Gasteiger partial charge on any atom is 0.237 e. The van der Waals surface area contributed by atoms with E-state index < -0.39 is 22.0 Å². The lowest BCUT2D eigenvalue weighted by Gasteiger charge is -2.26. The van der Waals surface area contributed by atoms with Gasteiger partial charge in [0.1, 0.15) is 17.5 Å². The minimum Gasteiger partial charge on any atom is -0.350 e. The molecule has 1 fully saturated rings. The Balaban J connectivity index is 1.31. The molecule has 1 aliphatic rings. The summed E-state index contributed by atoms with van der Waals surface area (Å²) in [5, 5.41) is 6.16. The van der Waals surface area contributed by atoms with Gasteiger partial charge in [-0.15, -0.1) is 0 Å². The lowest BCUT2D eigenvalue weighted by molar-refractivity contribution is 0.254. The molecular weight excluding hydrogens is 486 g/mol. The Kier molecular flexibility index (Phi) is 6.75. The van der Waals surface area contributed by atoms with Crippen molar-refractivity contribution in [3.63, 3.8) is 0 Å². The number of piperidine rings is 1. The van der Waals surface area contributed by atoms with E-state index in [0.29, 0.717) is 53.3 Å². The topological polar surface area (TPSA) is 109 Å². The van der Waals surface area contributed by atoms with Gasteiger partial charge in [-0.2, -0.15) is 0 Å². The van der Waals surface area contributed by atoms with Gasteiger partial charge >= 0.3 is 0 Å². The molecule has 0 amide bonds. The van der Waals surface area contributed by atoms with E-state index in [1.165, 1.54) is 12.1 Å². The summed E-state index contributed by atoms with van der Waals surface area (Å²) in [5.41, 5.74) is 2.53. The monoisotopic (exact) mass is 510 g/mol. The fourth-order valence-electron chi connectivity index (χ4n) is 4.09. The predicted octanol–water partition coefficient (Wildman–Crippen LogP) is 3.88. The zero-order valence-electron chi connectivity index (χ0n) is 19.2. The van der Waals surface area contributed by atoms with Crippen LogP contribution in [-0.2, 0) is 15.8 Å². The number of benzene rings is 2. The summed E-state index contributed by atoms with van der Waals surface area (Å²) in [6, 6.07) is 16.2. The summed E-state index contributed by atoms with van der Waals surface area (Å²) in [6.07, 6.45) is 1.03. The maximum atomic E-state index is 14.8. The molecule has 0 radical (unpaired) electrons.